The molecule has 0 unspecified atom stereocenters. The molecule has 0 aliphatic carbocycles. The van der Waals surface area contributed by atoms with Crippen LogP contribution in [0, 0.1) is 0 Å². The van der Waals surface area contributed by atoms with Crippen molar-refractivity contribution in [2.75, 3.05) is 25.2 Å². The summed E-state index contributed by atoms with van der Waals surface area (Å²) in [6.45, 7) is -0.0690. The number of rotatable bonds is 6. The van der Waals surface area contributed by atoms with E-state index in [2.05, 4.69) is 10.3 Å². The van der Waals surface area contributed by atoms with Gasteiger partial charge < -0.3 is 10.2 Å². The monoisotopic (exact) mass is 442 g/mol. The molecule has 2 heterocycles. The number of hydrogen-bond acceptors (Lipinski definition) is 5. The van der Waals surface area contributed by atoms with Gasteiger partial charge in [-0.3, -0.25) is 14.6 Å². The van der Waals surface area contributed by atoms with Crippen LogP contribution in [0.25, 0.3) is 22.2 Å². The topological polar surface area (TPSA) is 75.2 Å². The summed E-state index contributed by atoms with van der Waals surface area (Å²) in [6.07, 6.45) is 5.36. The molecule has 1 N–H and O–H groups in total. The molecule has 160 valence electrons. The summed E-state index contributed by atoms with van der Waals surface area (Å²) < 4.78 is 0. The second-order valence-electron chi connectivity index (χ2n) is 7.22. The van der Waals surface area contributed by atoms with E-state index in [1.165, 1.54) is 4.90 Å². The minimum atomic E-state index is -0.256. The van der Waals surface area contributed by atoms with Crippen LogP contribution in [0.2, 0.25) is 0 Å². The Kier molecular flexibility index (Phi) is 6.47. The summed E-state index contributed by atoms with van der Waals surface area (Å²) in [6, 6.07) is 20.6. The number of fused-ring (bicyclic) bond motifs is 1. The SMILES string of the molecule is CSc1ccccc1NC(=O)CN(C)C(=O)c1cc(-c2cccnc2)nc2ccccc12. The van der Waals surface area contributed by atoms with Gasteiger partial charge in [0.2, 0.25) is 5.91 Å². The molecule has 4 aromatic rings. The van der Waals surface area contributed by atoms with E-state index < -0.39 is 0 Å². The van der Waals surface area contributed by atoms with Crippen molar-refractivity contribution < 1.29 is 9.59 Å². The molecule has 32 heavy (non-hydrogen) atoms. The number of pyridine rings is 2. The minimum absolute atomic E-state index is 0.0690. The van der Waals surface area contributed by atoms with Crippen LogP contribution in [0.4, 0.5) is 5.69 Å². The minimum Gasteiger partial charge on any atom is -0.332 e. The Bertz CT molecular complexity index is 1280. The molecule has 6 nitrogen and oxygen atoms in total. The predicted molar refractivity (Wildman–Crippen MR) is 129 cm³/mol. The number of para-hydroxylation sites is 2. The quantitative estimate of drug-likeness (QED) is 0.437. The third-order valence-corrected chi connectivity index (χ3v) is 5.81. The first-order valence-electron chi connectivity index (χ1n) is 10.1. The van der Waals surface area contributed by atoms with Crippen LogP contribution in [-0.4, -0.2) is 46.5 Å². The van der Waals surface area contributed by atoms with E-state index in [1.807, 2.05) is 66.9 Å². The number of hydrogen-bond donors (Lipinski definition) is 1. The van der Waals surface area contributed by atoms with E-state index in [9.17, 15) is 9.59 Å². The molecule has 0 atom stereocenters. The van der Waals surface area contributed by atoms with Crippen LogP contribution >= 0.6 is 11.8 Å². The summed E-state index contributed by atoms with van der Waals surface area (Å²) >= 11 is 1.55. The van der Waals surface area contributed by atoms with Crippen molar-refractivity contribution >= 4 is 40.2 Å². The summed E-state index contributed by atoms with van der Waals surface area (Å²) in [5.41, 5.74) is 3.42. The van der Waals surface area contributed by atoms with Gasteiger partial charge in [0, 0.05) is 35.3 Å². The first-order chi connectivity index (χ1) is 15.6. The zero-order chi connectivity index (χ0) is 22.5. The number of nitrogens with zero attached hydrogens (tertiary/aromatic N) is 3. The zero-order valence-corrected chi connectivity index (χ0v) is 18.6. The molecule has 2 amide bonds. The standard InChI is InChI=1S/C25H22N4O2S/c1-29(16-24(30)28-21-11-5-6-12-23(21)32-2)25(31)19-14-22(17-8-7-13-26-15-17)27-20-10-4-3-9-18(19)20/h3-15H,16H2,1-2H3,(H,28,30). The third kappa shape index (κ3) is 4.63. The summed E-state index contributed by atoms with van der Waals surface area (Å²) in [5.74, 6) is -0.504. The Morgan fingerprint density at radius 3 is 2.59 bits per heavy atom. The first kappa shape index (κ1) is 21.5. The summed E-state index contributed by atoms with van der Waals surface area (Å²) in [4.78, 5) is 37.2. The van der Waals surface area contributed by atoms with Gasteiger partial charge in [-0.05, 0) is 42.7 Å². The number of anilines is 1. The molecular weight excluding hydrogens is 420 g/mol. The number of benzene rings is 2. The van der Waals surface area contributed by atoms with Crippen LogP contribution in [0.3, 0.4) is 0 Å². The van der Waals surface area contributed by atoms with Gasteiger partial charge in [-0.2, -0.15) is 0 Å². The van der Waals surface area contributed by atoms with Gasteiger partial charge in [-0.15, -0.1) is 11.8 Å². The number of carbonyl (C=O) groups is 2. The fraction of sp³-hybridized carbons (Fsp3) is 0.120. The van der Waals surface area contributed by atoms with E-state index >= 15 is 0 Å². The highest BCUT2D eigenvalue weighted by atomic mass is 32.2. The normalized spacial score (nSPS) is 10.7. The Labute approximate surface area is 190 Å². The Morgan fingerprint density at radius 2 is 1.81 bits per heavy atom. The molecule has 0 bridgehead atoms. The maximum atomic E-state index is 13.4. The molecule has 0 aliphatic heterocycles. The lowest BCUT2D eigenvalue weighted by Crippen LogP contribution is -2.35. The van der Waals surface area contributed by atoms with Crippen molar-refractivity contribution in [1.82, 2.24) is 14.9 Å². The number of nitrogens with one attached hydrogen (secondary N) is 1. The number of aromatic nitrogens is 2. The average molecular weight is 443 g/mol. The Balaban J connectivity index is 1.60. The van der Waals surface area contributed by atoms with Gasteiger partial charge >= 0.3 is 0 Å². The predicted octanol–water partition coefficient (Wildman–Crippen LogP) is 4.73. The van der Waals surface area contributed by atoms with Gasteiger partial charge in [0.05, 0.1) is 29.0 Å². The first-order valence-corrected chi connectivity index (χ1v) is 11.3. The molecule has 0 saturated heterocycles. The van der Waals surface area contributed by atoms with Crippen molar-refractivity contribution in [3.63, 3.8) is 0 Å². The average Bonchev–Trinajstić information content (AvgIpc) is 2.83. The molecule has 0 spiro atoms. The van der Waals surface area contributed by atoms with E-state index in [0.717, 1.165) is 21.5 Å². The van der Waals surface area contributed by atoms with Crippen molar-refractivity contribution in [2.24, 2.45) is 0 Å². The molecule has 2 aromatic heterocycles. The van der Waals surface area contributed by atoms with Crippen LogP contribution in [0.15, 0.2) is 84.0 Å². The van der Waals surface area contributed by atoms with Crippen LogP contribution in [-0.2, 0) is 4.79 Å². The highest BCUT2D eigenvalue weighted by Crippen LogP contribution is 2.26. The Morgan fingerprint density at radius 1 is 1.03 bits per heavy atom. The van der Waals surface area contributed by atoms with Gasteiger partial charge in [0.1, 0.15) is 0 Å². The molecule has 0 fully saturated rings. The van der Waals surface area contributed by atoms with E-state index in [-0.39, 0.29) is 18.4 Å². The fourth-order valence-corrected chi connectivity index (χ4v) is 4.00. The molecule has 0 aliphatic rings. The number of amides is 2. The number of thioether (sulfide) groups is 1. The summed E-state index contributed by atoms with van der Waals surface area (Å²) in [5, 5.41) is 3.64. The highest BCUT2D eigenvalue weighted by molar-refractivity contribution is 7.98. The van der Waals surface area contributed by atoms with Crippen molar-refractivity contribution in [3.05, 3.63) is 84.7 Å². The lowest BCUT2D eigenvalue weighted by molar-refractivity contribution is -0.116. The van der Waals surface area contributed by atoms with E-state index in [4.69, 9.17) is 4.98 Å². The largest absolute Gasteiger partial charge is 0.332 e. The maximum absolute atomic E-state index is 13.4. The van der Waals surface area contributed by atoms with E-state index in [1.54, 1.807) is 37.3 Å². The highest BCUT2D eigenvalue weighted by Gasteiger charge is 2.20. The van der Waals surface area contributed by atoms with Crippen molar-refractivity contribution in [1.29, 1.82) is 0 Å². The zero-order valence-electron chi connectivity index (χ0n) is 17.8. The molecule has 0 radical (unpaired) electrons. The lowest BCUT2D eigenvalue weighted by atomic mass is 10.0. The maximum Gasteiger partial charge on any atom is 0.254 e. The van der Waals surface area contributed by atoms with E-state index in [0.29, 0.717) is 16.8 Å². The smallest absolute Gasteiger partial charge is 0.254 e. The Hall–Kier alpha value is -3.71. The fourth-order valence-electron chi connectivity index (χ4n) is 3.44. The van der Waals surface area contributed by atoms with Crippen molar-refractivity contribution in [2.45, 2.75) is 4.90 Å². The molecule has 7 heteroatoms. The molecule has 2 aromatic carbocycles. The van der Waals surface area contributed by atoms with Crippen molar-refractivity contribution in [3.8, 4) is 11.3 Å². The van der Waals surface area contributed by atoms with Crippen LogP contribution < -0.4 is 5.32 Å². The second-order valence-corrected chi connectivity index (χ2v) is 8.07. The van der Waals surface area contributed by atoms with Gasteiger partial charge in [0.15, 0.2) is 0 Å². The molecule has 4 rings (SSSR count). The van der Waals surface area contributed by atoms with Crippen LogP contribution in [0.1, 0.15) is 10.4 Å². The number of carbonyl (C=O) groups excluding carboxylic acids is 2. The summed E-state index contributed by atoms with van der Waals surface area (Å²) in [7, 11) is 1.63. The van der Waals surface area contributed by atoms with Gasteiger partial charge in [-0.25, -0.2) is 4.98 Å². The van der Waals surface area contributed by atoms with Gasteiger partial charge in [-0.1, -0.05) is 30.3 Å². The number of likely N-dealkylation sites (N-methyl/N-ethyl adjacent to an activating group) is 1. The third-order valence-electron chi connectivity index (χ3n) is 5.01. The van der Waals surface area contributed by atoms with Gasteiger partial charge in [0.25, 0.3) is 5.91 Å². The second kappa shape index (κ2) is 9.62. The molecule has 0 saturated carbocycles. The lowest BCUT2D eigenvalue weighted by Gasteiger charge is -2.19. The van der Waals surface area contributed by atoms with Crippen LogP contribution in [0.5, 0.6) is 0 Å². The molecular formula is C25H22N4O2S.